The molecule has 1 nitrogen and oxygen atoms in total. The van der Waals surface area contributed by atoms with E-state index in [2.05, 4.69) is 4.98 Å². The summed E-state index contributed by atoms with van der Waals surface area (Å²) in [6.45, 7) is 1.93. The van der Waals surface area contributed by atoms with Crippen molar-refractivity contribution in [1.82, 2.24) is 4.98 Å². The zero-order valence-electron chi connectivity index (χ0n) is 5.13. The molecule has 1 rings (SSSR count). The Morgan fingerprint density at radius 1 is 1.67 bits per heavy atom. The summed E-state index contributed by atoms with van der Waals surface area (Å²) in [5.74, 6) is 0. The normalized spacial score (nSPS) is 9.11. The fraction of sp³-hybridized carbons (Fsp3) is 0.167. The molecule has 1 aromatic heterocycles. The molecule has 9 heavy (non-hydrogen) atoms. The van der Waals surface area contributed by atoms with Crippen molar-refractivity contribution < 1.29 is 0 Å². The lowest BCUT2D eigenvalue weighted by Gasteiger charge is -1.94. The predicted molar refractivity (Wildman–Crippen MR) is 40.5 cm³/mol. The Kier molecular flexibility index (Phi) is 2.12. The molecule has 0 aliphatic carbocycles. The number of hydrogen-bond donors (Lipinski definition) is 0. The molecular weight excluding hydrogens is 132 g/mol. The third-order valence-electron chi connectivity index (χ3n) is 1.10. The van der Waals surface area contributed by atoms with E-state index in [1.54, 1.807) is 6.20 Å². The summed E-state index contributed by atoms with van der Waals surface area (Å²) in [6, 6.07) is 3.79. The van der Waals surface area contributed by atoms with Crippen molar-refractivity contribution in [3.63, 3.8) is 0 Å². The summed E-state index contributed by atoms with van der Waals surface area (Å²) >= 11 is 5.68. The maximum Gasteiger partial charge on any atom is 0.152 e. The largest absolute Gasteiger partial charge is 0.245 e. The lowest BCUT2D eigenvalue weighted by molar-refractivity contribution is 1.35. The number of pyridine rings is 1. The molecule has 0 N–H and O–H groups in total. The van der Waals surface area contributed by atoms with Crippen LogP contribution in [0.2, 0.25) is 12.0 Å². The highest BCUT2D eigenvalue weighted by Gasteiger charge is 1.94. The van der Waals surface area contributed by atoms with Gasteiger partial charge < -0.3 is 0 Å². The molecule has 0 aliphatic rings. The van der Waals surface area contributed by atoms with Crippen LogP contribution in [0.15, 0.2) is 18.3 Å². The Morgan fingerprint density at radius 3 is 2.89 bits per heavy atom. The summed E-state index contributed by atoms with van der Waals surface area (Å²) in [6.07, 6.45) is 1.68. The van der Waals surface area contributed by atoms with Crippen LogP contribution in [-0.2, 0) is 0 Å². The van der Waals surface area contributed by atoms with Gasteiger partial charge in [0.15, 0.2) is 7.28 Å². The van der Waals surface area contributed by atoms with E-state index in [0.717, 1.165) is 5.46 Å². The monoisotopic (exact) mass is 138 g/mol. The summed E-state index contributed by atoms with van der Waals surface area (Å²) in [4.78, 5) is 3.88. The van der Waals surface area contributed by atoms with Gasteiger partial charge >= 0.3 is 0 Å². The van der Waals surface area contributed by atoms with E-state index in [4.69, 9.17) is 11.6 Å². The van der Waals surface area contributed by atoms with Crippen LogP contribution in [0.4, 0.5) is 0 Å². The molecule has 0 spiro atoms. The van der Waals surface area contributed by atoms with Crippen molar-refractivity contribution in [3.8, 4) is 0 Å². The predicted octanol–water partition coefficient (Wildman–Crippen LogP) is 1.11. The first-order chi connectivity index (χ1) is 4.34. The van der Waals surface area contributed by atoms with Gasteiger partial charge in [-0.15, -0.1) is 0 Å². The molecule has 0 amide bonds. The van der Waals surface area contributed by atoms with Crippen molar-refractivity contribution in [2.75, 3.05) is 0 Å². The van der Waals surface area contributed by atoms with E-state index in [9.17, 15) is 0 Å². The van der Waals surface area contributed by atoms with Crippen molar-refractivity contribution in [1.29, 1.82) is 0 Å². The van der Waals surface area contributed by atoms with E-state index in [-0.39, 0.29) is 0 Å². The lowest BCUT2D eigenvalue weighted by atomic mass is 9.74. The summed E-state index contributed by atoms with van der Waals surface area (Å²) in [5, 5.41) is 0.569. The van der Waals surface area contributed by atoms with Crippen LogP contribution in [0.5, 0.6) is 0 Å². The molecule has 0 fully saturated rings. The lowest BCUT2D eigenvalue weighted by Crippen LogP contribution is -2.12. The van der Waals surface area contributed by atoms with Gasteiger partial charge in [-0.2, -0.15) is 0 Å². The Labute approximate surface area is 60.3 Å². The summed E-state index contributed by atoms with van der Waals surface area (Å²) in [5.41, 5.74) is 0.985. The molecule has 3 heteroatoms. The number of hydrogen-bond acceptors (Lipinski definition) is 1. The second-order valence-corrected chi connectivity index (χ2v) is 2.03. The average molecular weight is 138 g/mol. The molecule has 0 atom stereocenters. The topological polar surface area (TPSA) is 12.9 Å². The zero-order valence-corrected chi connectivity index (χ0v) is 5.89. The summed E-state index contributed by atoms with van der Waals surface area (Å²) in [7, 11) is 1.93. The van der Waals surface area contributed by atoms with Gasteiger partial charge in [0, 0.05) is 6.20 Å². The third-order valence-corrected chi connectivity index (χ3v) is 1.41. The third kappa shape index (κ3) is 1.45. The van der Waals surface area contributed by atoms with Gasteiger partial charge in [-0.05, 0) is 6.07 Å². The molecule has 0 unspecified atom stereocenters. The first-order valence-corrected chi connectivity index (χ1v) is 3.12. The fourth-order valence-corrected chi connectivity index (χ4v) is 0.842. The molecule has 45 valence electrons. The van der Waals surface area contributed by atoms with Gasteiger partial charge in [0.25, 0.3) is 0 Å². The van der Waals surface area contributed by atoms with Crippen LogP contribution in [0.3, 0.4) is 0 Å². The van der Waals surface area contributed by atoms with Crippen LogP contribution in [-0.4, -0.2) is 12.3 Å². The van der Waals surface area contributed by atoms with Crippen molar-refractivity contribution in [2.45, 2.75) is 6.82 Å². The van der Waals surface area contributed by atoms with Crippen LogP contribution in [0, 0.1) is 0 Å². The molecule has 1 radical (unpaired) electrons. The first kappa shape index (κ1) is 6.62. The average Bonchev–Trinajstić information content (AvgIpc) is 1.89. The van der Waals surface area contributed by atoms with Crippen LogP contribution < -0.4 is 5.46 Å². The standard InChI is InChI=1S/C6H6BClN/c1-7-5-3-2-4-9-6(5)8/h2-4H,1H3. The number of rotatable bonds is 1. The number of halogens is 1. The molecule has 0 aliphatic heterocycles. The van der Waals surface area contributed by atoms with Gasteiger partial charge in [0.1, 0.15) is 5.15 Å². The SMILES string of the molecule is C[B]c1cccnc1Cl. The second kappa shape index (κ2) is 2.88. The molecule has 0 bridgehead atoms. The molecule has 0 saturated carbocycles. The minimum Gasteiger partial charge on any atom is -0.245 e. The maximum absolute atomic E-state index is 5.68. The quantitative estimate of drug-likeness (QED) is 0.418. The van der Waals surface area contributed by atoms with Crippen LogP contribution >= 0.6 is 11.6 Å². The molecule has 1 heterocycles. The summed E-state index contributed by atoms with van der Waals surface area (Å²) < 4.78 is 0. The molecule has 1 aromatic rings. The van der Waals surface area contributed by atoms with Crippen molar-refractivity contribution in [2.24, 2.45) is 0 Å². The van der Waals surface area contributed by atoms with E-state index < -0.39 is 0 Å². The number of aromatic nitrogens is 1. The Hall–Kier alpha value is -0.495. The highest BCUT2D eigenvalue weighted by atomic mass is 35.5. The van der Waals surface area contributed by atoms with Crippen molar-refractivity contribution in [3.05, 3.63) is 23.5 Å². The fourth-order valence-electron chi connectivity index (χ4n) is 0.614. The highest BCUT2D eigenvalue weighted by molar-refractivity contribution is 6.56. The van der Waals surface area contributed by atoms with Crippen LogP contribution in [0.25, 0.3) is 0 Å². The minimum atomic E-state index is 0.569. The van der Waals surface area contributed by atoms with Gasteiger partial charge in [0.05, 0.1) is 0 Å². The smallest absolute Gasteiger partial charge is 0.152 e. The minimum absolute atomic E-state index is 0.569. The zero-order chi connectivity index (χ0) is 6.69. The van der Waals surface area contributed by atoms with Crippen LogP contribution in [0.1, 0.15) is 0 Å². The first-order valence-electron chi connectivity index (χ1n) is 2.74. The second-order valence-electron chi connectivity index (χ2n) is 1.67. The van der Waals surface area contributed by atoms with Gasteiger partial charge in [-0.3, -0.25) is 0 Å². The van der Waals surface area contributed by atoms with E-state index in [1.165, 1.54) is 0 Å². The number of nitrogens with zero attached hydrogens (tertiary/aromatic N) is 1. The molecule has 0 saturated heterocycles. The Morgan fingerprint density at radius 2 is 2.44 bits per heavy atom. The van der Waals surface area contributed by atoms with Gasteiger partial charge in [-0.25, -0.2) is 4.98 Å². The van der Waals surface area contributed by atoms with E-state index in [0.29, 0.717) is 5.15 Å². The van der Waals surface area contributed by atoms with E-state index in [1.807, 2.05) is 26.2 Å². The van der Waals surface area contributed by atoms with Gasteiger partial charge in [-0.1, -0.05) is 30.0 Å². The maximum atomic E-state index is 5.68. The van der Waals surface area contributed by atoms with E-state index >= 15 is 0 Å². The van der Waals surface area contributed by atoms with Gasteiger partial charge in [0.2, 0.25) is 0 Å². The Bertz CT molecular complexity index is 202. The Balaban J connectivity index is 3.01. The molecular formula is C6H6BClN. The highest BCUT2D eigenvalue weighted by Crippen LogP contribution is 1.96. The van der Waals surface area contributed by atoms with Crippen molar-refractivity contribution >= 4 is 24.3 Å². The molecule has 0 aromatic carbocycles.